The zero-order valence-corrected chi connectivity index (χ0v) is 21.8. The first-order valence-corrected chi connectivity index (χ1v) is 10.9. The normalized spacial score (nSPS) is 15.7. The van der Waals surface area contributed by atoms with Gasteiger partial charge in [0, 0.05) is 39.3 Å². The maximum atomic E-state index is 5.56. The Kier molecular flexibility index (Phi) is 13.9. The first-order valence-electron chi connectivity index (χ1n) is 10.9. The molecular formula is C23H40IN3O4. The number of rotatable bonds is 12. The number of guanidine groups is 1. The molecule has 2 rings (SSSR count). The van der Waals surface area contributed by atoms with Crippen LogP contribution in [0.25, 0.3) is 0 Å². The van der Waals surface area contributed by atoms with Crippen LogP contribution in [0.1, 0.15) is 44.1 Å². The summed E-state index contributed by atoms with van der Waals surface area (Å²) in [7, 11) is 6.86. The summed E-state index contributed by atoms with van der Waals surface area (Å²) in [6.07, 6.45) is 7.00. The van der Waals surface area contributed by atoms with Gasteiger partial charge in [-0.2, -0.15) is 0 Å². The molecule has 1 aromatic rings. The highest BCUT2D eigenvalue weighted by atomic mass is 127. The molecule has 0 aromatic heterocycles. The van der Waals surface area contributed by atoms with E-state index in [0.29, 0.717) is 19.8 Å². The van der Waals surface area contributed by atoms with Crippen molar-refractivity contribution in [3.8, 4) is 11.5 Å². The van der Waals surface area contributed by atoms with Crippen LogP contribution in [0.15, 0.2) is 23.2 Å². The molecule has 0 aliphatic heterocycles. The number of nitrogens with zero attached hydrogens (tertiary/aromatic N) is 1. The summed E-state index contributed by atoms with van der Waals surface area (Å²) in [5, 5.41) is 6.95. The highest BCUT2D eigenvalue weighted by Crippen LogP contribution is 2.42. The molecule has 8 heteroatoms. The molecule has 1 fully saturated rings. The lowest BCUT2D eigenvalue weighted by atomic mass is 9.69. The van der Waals surface area contributed by atoms with Gasteiger partial charge in [0.15, 0.2) is 17.5 Å². The number of nitrogens with one attached hydrogen (secondary N) is 2. The van der Waals surface area contributed by atoms with E-state index in [-0.39, 0.29) is 29.4 Å². The molecule has 1 aliphatic carbocycles. The molecular weight excluding hydrogens is 509 g/mol. The summed E-state index contributed by atoms with van der Waals surface area (Å²) in [6, 6.07) is 6.34. The van der Waals surface area contributed by atoms with E-state index in [1.807, 2.05) is 13.1 Å². The number of aliphatic imine (C=N–C) groups is 1. The molecule has 0 saturated heterocycles. The van der Waals surface area contributed by atoms with Crippen LogP contribution >= 0.6 is 24.0 Å². The predicted octanol–water partition coefficient (Wildman–Crippen LogP) is 3.74. The molecule has 1 aliphatic rings. The van der Waals surface area contributed by atoms with E-state index in [0.717, 1.165) is 49.8 Å². The van der Waals surface area contributed by atoms with E-state index in [2.05, 4.69) is 27.8 Å². The van der Waals surface area contributed by atoms with Crippen molar-refractivity contribution in [2.24, 2.45) is 4.99 Å². The van der Waals surface area contributed by atoms with Crippen molar-refractivity contribution < 1.29 is 18.9 Å². The molecule has 31 heavy (non-hydrogen) atoms. The van der Waals surface area contributed by atoms with Crippen molar-refractivity contribution in [2.45, 2.75) is 43.9 Å². The van der Waals surface area contributed by atoms with Crippen LogP contribution < -0.4 is 20.1 Å². The van der Waals surface area contributed by atoms with Crippen molar-refractivity contribution in [3.05, 3.63) is 23.8 Å². The van der Waals surface area contributed by atoms with Crippen LogP contribution in [0.5, 0.6) is 11.5 Å². The number of ether oxygens (including phenoxy) is 4. The fourth-order valence-corrected chi connectivity index (χ4v) is 4.06. The minimum absolute atomic E-state index is 0. The molecule has 0 amide bonds. The van der Waals surface area contributed by atoms with Crippen molar-refractivity contribution in [2.75, 3.05) is 61.3 Å². The molecule has 0 bridgehead atoms. The molecule has 2 N–H and O–H groups in total. The Bertz CT molecular complexity index is 652. The van der Waals surface area contributed by atoms with Gasteiger partial charge in [0.2, 0.25) is 0 Å². The lowest BCUT2D eigenvalue weighted by Gasteiger charge is -2.38. The summed E-state index contributed by atoms with van der Waals surface area (Å²) in [5.41, 5.74) is 1.37. The predicted molar refractivity (Wildman–Crippen MR) is 136 cm³/mol. The number of halogens is 1. The van der Waals surface area contributed by atoms with Gasteiger partial charge in [-0.15, -0.1) is 24.0 Å². The van der Waals surface area contributed by atoms with E-state index >= 15 is 0 Å². The largest absolute Gasteiger partial charge is 0.493 e. The number of hydrogen-bond acceptors (Lipinski definition) is 5. The highest BCUT2D eigenvalue weighted by molar-refractivity contribution is 14.0. The lowest BCUT2D eigenvalue weighted by molar-refractivity contribution is 0.0698. The van der Waals surface area contributed by atoms with Crippen molar-refractivity contribution in [1.29, 1.82) is 0 Å². The van der Waals surface area contributed by atoms with Gasteiger partial charge in [-0.05, 0) is 37.0 Å². The van der Waals surface area contributed by atoms with Crippen LogP contribution in [-0.2, 0) is 14.9 Å². The summed E-state index contributed by atoms with van der Waals surface area (Å²) in [5.74, 6) is 2.39. The quantitative estimate of drug-likeness (QED) is 0.179. The Hall–Kier alpha value is -1.26. The summed E-state index contributed by atoms with van der Waals surface area (Å²) in [4.78, 5) is 4.39. The van der Waals surface area contributed by atoms with E-state index in [4.69, 9.17) is 18.9 Å². The molecule has 178 valence electrons. The summed E-state index contributed by atoms with van der Waals surface area (Å²) >= 11 is 0. The fraction of sp³-hybridized carbons (Fsp3) is 0.696. The number of hydrogen-bond donors (Lipinski definition) is 2. The first-order chi connectivity index (χ1) is 14.7. The second-order valence-corrected chi connectivity index (χ2v) is 7.72. The van der Waals surface area contributed by atoms with Crippen LogP contribution in [0.2, 0.25) is 0 Å². The fourth-order valence-electron chi connectivity index (χ4n) is 4.06. The van der Waals surface area contributed by atoms with Gasteiger partial charge in [0.25, 0.3) is 0 Å². The average molecular weight is 549 g/mol. The van der Waals surface area contributed by atoms with Crippen molar-refractivity contribution in [1.82, 2.24) is 10.6 Å². The molecule has 0 radical (unpaired) electrons. The van der Waals surface area contributed by atoms with Crippen LogP contribution in [-0.4, -0.2) is 67.2 Å². The van der Waals surface area contributed by atoms with Gasteiger partial charge in [0.05, 0.1) is 27.4 Å². The zero-order valence-electron chi connectivity index (χ0n) is 19.5. The van der Waals surface area contributed by atoms with Crippen LogP contribution in [0.4, 0.5) is 0 Å². The minimum Gasteiger partial charge on any atom is -0.493 e. The molecule has 1 aromatic carbocycles. The van der Waals surface area contributed by atoms with Crippen LogP contribution in [0, 0.1) is 0 Å². The van der Waals surface area contributed by atoms with Gasteiger partial charge in [0.1, 0.15) is 0 Å². The third-order valence-corrected chi connectivity index (χ3v) is 5.81. The average Bonchev–Trinajstić information content (AvgIpc) is 2.80. The third kappa shape index (κ3) is 8.65. The van der Waals surface area contributed by atoms with E-state index in [9.17, 15) is 0 Å². The molecule has 0 unspecified atom stereocenters. The SMILES string of the molecule is CN=C(NCCCOCCOC)NCC1(c2ccc(OC)c(OC)c2)CCCCC1.I. The van der Waals surface area contributed by atoms with E-state index in [1.54, 1.807) is 21.3 Å². The zero-order chi connectivity index (χ0) is 21.7. The van der Waals surface area contributed by atoms with Crippen LogP contribution in [0.3, 0.4) is 0 Å². The van der Waals surface area contributed by atoms with Gasteiger partial charge < -0.3 is 29.6 Å². The Morgan fingerprint density at radius 2 is 1.71 bits per heavy atom. The Balaban J connectivity index is 0.00000480. The Morgan fingerprint density at radius 3 is 2.35 bits per heavy atom. The van der Waals surface area contributed by atoms with Gasteiger partial charge >= 0.3 is 0 Å². The minimum atomic E-state index is 0. The van der Waals surface area contributed by atoms with E-state index < -0.39 is 0 Å². The Morgan fingerprint density at radius 1 is 0.968 bits per heavy atom. The maximum Gasteiger partial charge on any atom is 0.191 e. The molecule has 7 nitrogen and oxygen atoms in total. The maximum absolute atomic E-state index is 5.56. The topological polar surface area (TPSA) is 73.3 Å². The monoisotopic (exact) mass is 549 g/mol. The molecule has 0 heterocycles. The second-order valence-electron chi connectivity index (χ2n) is 7.72. The molecule has 0 spiro atoms. The summed E-state index contributed by atoms with van der Waals surface area (Å²) < 4.78 is 21.5. The van der Waals surface area contributed by atoms with Gasteiger partial charge in [-0.1, -0.05) is 25.3 Å². The smallest absolute Gasteiger partial charge is 0.191 e. The Labute approximate surface area is 204 Å². The first kappa shape index (κ1) is 27.8. The standard InChI is InChI=1S/C23H39N3O4.HI/c1-24-22(25-13-8-14-30-16-15-27-2)26-18-23(11-6-5-7-12-23)19-9-10-20(28-3)21(17-19)29-4;/h9-10,17H,5-8,11-16,18H2,1-4H3,(H2,24,25,26);1H. The lowest BCUT2D eigenvalue weighted by Crippen LogP contribution is -2.46. The van der Waals surface area contributed by atoms with Crippen molar-refractivity contribution in [3.63, 3.8) is 0 Å². The molecule has 0 atom stereocenters. The summed E-state index contributed by atoms with van der Waals surface area (Å²) in [6.45, 7) is 3.64. The van der Waals surface area contributed by atoms with E-state index in [1.165, 1.54) is 24.8 Å². The second kappa shape index (κ2) is 15.5. The van der Waals surface area contributed by atoms with Gasteiger partial charge in [-0.25, -0.2) is 0 Å². The molecule has 1 saturated carbocycles. The highest BCUT2D eigenvalue weighted by Gasteiger charge is 2.34. The van der Waals surface area contributed by atoms with Gasteiger partial charge in [-0.3, -0.25) is 4.99 Å². The number of methoxy groups -OCH3 is 3. The van der Waals surface area contributed by atoms with Crippen molar-refractivity contribution >= 4 is 29.9 Å². The number of benzene rings is 1. The third-order valence-electron chi connectivity index (χ3n) is 5.81.